The molecule has 3 aromatic carbocycles. The summed E-state index contributed by atoms with van der Waals surface area (Å²) < 4.78 is 10.7. The highest BCUT2D eigenvalue weighted by Gasteiger charge is 2.49. The molecule has 0 spiro atoms. The Hall–Kier alpha value is -3.91. The predicted molar refractivity (Wildman–Crippen MR) is 131 cm³/mol. The fourth-order valence-electron chi connectivity index (χ4n) is 4.18. The van der Waals surface area contributed by atoms with Crippen molar-refractivity contribution in [2.45, 2.75) is 19.0 Å². The summed E-state index contributed by atoms with van der Waals surface area (Å²) in [6.45, 7) is 1.84. The molecule has 0 aliphatic carbocycles. The maximum absolute atomic E-state index is 13.4. The Labute approximate surface area is 200 Å². The van der Waals surface area contributed by atoms with Crippen LogP contribution in [0.5, 0.6) is 11.5 Å². The van der Waals surface area contributed by atoms with Crippen molar-refractivity contribution in [1.29, 1.82) is 0 Å². The number of benzene rings is 3. The number of hydrogen-bond donors (Lipinski definition) is 1. The number of urea groups is 1. The van der Waals surface area contributed by atoms with Crippen molar-refractivity contribution in [3.63, 3.8) is 0 Å². The van der Waals surface area contributed by atoms with E-state index >= 15 is 0 Å². The summed E-state index contributed by atoms with van der Waals surface area (Å²) in [4.78, 5) is 32.1. The molecule has 2 heterocycles. The molecular weight excluding hydrogens is 450 g/mol. The number of nitrogens with one attached hydrogen (secondary N) is 1. The molecule has 5 rings (SSSR count). The summed E-state index contributed by atoms with van der Waals surface area (Å²) in [6, 6.07) is 18.9. The highest BCUT2D eigenvalue weighted by Crippen LogP contribution is 2.35. The highest BCUT2D eigenvalue weighted by atomic mass is 32.1. The molecule has 1 aliphatic heterocycles. The van der Waals surface area contributed by atoms with Crippen LogP contribution in [0.2, 0.25) is 0 Å². The van der Waals surface area contributed by atoms with E-state index < -0.39 is 11.6 Å². The number of fused-ring (bicyclic) bond motifs is 1. The molecule has 3 amide bonds. The van der Waals surface area contributed by atoms with Crippen LogP contribution in [0.15, 0.2) is 66.0 Å². The minimum atomic E-state index is -1.14. The van der Waals surface area contributed by atoms with Gasteiger partial charge < -0.3 is 14.8 Å². The number of carbonyl (C=O) groups is 2. The Morgan fingerprint density at radius 3 is 2.50 bits per heavy atom. The van der Waals surface area contributed by atoms with Crippen LogP contribution in [0.3, 0.4) is 0 Å². The van der Waals surface area contributed by atoms with Gasteiger partial charge in [-0.25, -0.2) is 9.78 Å². The first-order valence-electron chi connectivity index (χ1n) is 10.7. The van der Waals surface area contributed by atoms with Gasteiger partial charge in [0.05, 0.1) is 26.5 Å². The van der Waals surface area contributed by atoms with E-state index in [1.54, 1.807) is 21.1 Å². The minimum absolute atomic E-state index is 0.0949. The maximum atomic E-state index is 13.4. The number of carbonyl (C=O) groups excluding carboxylic acids is 2. The lowest BCUT2D eigenvalue weighted by molar-refractivity contribution is -0.131. The minimum Gasteiger partial charge on any atom is -0.493 e. The van der Waals surface area contributed by atoms with Crippen molar-refractivity contribution in [2.75, 3.05) is 14.2 Å². The smallest absolute Gasteiger partial charge is 0.325 e. The van der Waals surface area contributed by atoms with Gasteiger partial charge in [0.25, 0.3) is 5.91 Å². The van der Waals surface area contributed by atoms with Crippen LogP contribution in [0, 0.1) is 0 Å². The van der Waals surface area contributed by atoms with Crippen molar-refractivity contribution < 1.29 is 19.1 Å². The Kier molecular flexibility index (Phi) is 5.45. The summed E-state index contributed by atoms with van der Waals surface area (Å²) in [5, 5.41) is 7.60. The van der Waals surface area contributed by atoms with Gasteiger partial charge in [-0.2, -0.15) is 0 Å². The number of amides is 3. The van der Waals surface area contributed by atoms with Crippen LogP contribution in [0.4, 0.5) is 4.79 Å². The zero-order chi connectivity index (χ0) is 23.9. The molecule has 0 saturated carbocycles. The molecule has 1 aromatic heterocycles. The van der Waals surface area contributed by atoms with Gasteiger partial charge in [0.1, 0.15) is 10.5 Å². The van der Waals surface area contributed by atoms with Gasteiger partial charge in [-0.1, -0.05) is 36.4 Å². The number of methoxy groups -OCH3 is 2. The van der Waals surface area contributed by atoms with Crippen molar-refractivity contribution in [1.82, 2.24) is 15.2 Å². The monoisotopic (exact) mass is 473 g/mol. The molecule has 34 heavy (non-hydrogen) atoms. The van der Waals surface area contributed by atoms with E-state index in [4.69, 9.17) is 9.47 Å². The molecule has 1 saturated heterocycles. The standard InChI is InChI=1S/C26H23N3O4S/c1-26(19-10-8-16-6-4-5-7-17(16)12-19)24(30)29(25(31)28-26)14-20-15-34-23(27-20)18-9-11-21(32-2)22(13-18)33-3/h4-13,15H,14H2,1-3H3,(H,28,31). The Balaban J connectivity index is 1.39. The molecule has 8 heteroatoms. The summed E-state index contributed by atoms with van der Waals surface area (Å²) >= 11 is 1.44. The largest absolute Gasteiger partial charge is 0.493 e. The average Bonchev–Trinajstić information content (AvgIpc) is 3.42. The number of imide groups is 1. The SMILES string of the molecule is COc1ccc(-c2nc(CN3C(=O)NC(C)(c4ccc5ccccc5c4)C3=O)cs2)cc1OC. The third-order valence-electron chi connectivity index (χ3n) is 6.10. The van der Waals surface area contributed by atoms with E-state index in [9.17, 15) is 9.59 Å². The summed E-state index contributed by atoms with van der Waals surface area (Å²) in [5.74, 6) is 0.945. The highest BCUT2D eigenvalue weighted by molar-refractivity contribution is 7.13. The van der Waals surface area contributed by atoms with E-state index in [-0.39, 0.29) is 12.5 Å². The second-order valence-electron chi connectivity index (χ2n) is 8.22. The maximum Gasteiger partial charge on any atom is 0.325 e. The van der Waals surface area contributed by atoms with Gasteiger partial charge in [0.15, 0.2) is 11.5 Å². The van der Waals surface area contributed by atoms with Crippen LogP contribution in [0.25, 0.3) is 21.3 Å². The average molecular weight is 474 g/mol. The predicted octanol–water partition coefficient (Wildman–Crippen LogP) is 4.95. The lowest BCUT2D eigenvalue weighted by Crippen LogP contribution is -2.40. The number of rotatable bonds is 6. The fourth-order valence-corrected chi connectivity index (χ4v) is 4.99. The topological polar surface area (TPSA) is 80.8 Å². The zero-order valence-electron chi connectivity index (χ0n) is 19.0. The molecule has 1 aliphatic rings. The van der Waals surface area contributed by atoms with E-state index in [0.29, 0.717) is 17.2 Å². The van der Waals surface area contributed by atoms with Crippen LogP contribution in [0.1, 0.15) is 18.2 Å². The first kappa shape index (κ1) is 21.9. The number of hydrogen-bond acceptors (Lipinski definition) is 6. The normalized spacial score (nSPS) is 17.8. The molecule has 1 atom stereocenters. The molecule has 172 valence electrons. The van der Waals surface area contributed by atoms with Crippen LogP contribution < -0.4 is 14.8 Å². The molecular formula is C26H23N3O4S. The van der Waals surface area contributed by atoms with Gasteiger partial charge >= 0.3 is 6.03 Å². The molecule has 1 N–H and O–H groups in total. The van der Waals surface area contributed by atoms with E-state index in [1.807, 2.05) is 66.0 Å². The van der Waals surface area contributed by atoms with Gasteiger partial charge in [0.2, 0.25) is 0 Å². The summed E-state index contributed by atoms with van der Waals surface area (Å²) in [6.07, 6.45) is 0. The summed E-state index contributed by atoms with van der Waals surface area (Å²) in [5.41, 5.74) is 1.12. The molecule has 4 aromatic rings. The molecule has 1 unspecified atom stereocenters. The van der Waals surface area contributed by atoms with Crippen molar-refractivity contribution in [2.24, 2.45) is 0 Å². The number of thiazole rings is 1. The molecule has 7 nitrogen and oxygen atoms in total. The van der Waals surface area contributed by atoms with Crippen LogP contribution in [-0.2, 0) is 16.9 Å². The van der Waals surface area contributed by atoms with E-state index in [0.717, 1.165) is 26.9 Å². The van der Waals surface area contributed by atoms with Gasteiger partial charge in [-0.15, -0.1) is 11.3 Å². The molecule has 0 radical (unpaired) electrons. The third kappa shape index (κ3) is 3.66. The molecule has 1 fully saturated rings. The Morgan fingerprint density at radius 2 is 1.74 bits per heavy atom. The van der Waals surface area contributed by atoms with E-state index in [1.165, 1.54) is 16.2 Å². The fraction of sp³-hybridized carbons (Fsp3) is 0.192. The second-order valence-corrected chi connectivity index (χ2v) is 9.08. The Bertz CT molecular complexity index is 1420. The van der Waals surface area contributed by atoms with Crippen LogP contribution in [-0.4, -0.2) is 36.0 Å². The molecule has 0 bridgehead atoms. The van der Waals surface area contributed by atoms with E-state index in [2.05, 4.69) is 10.3 Å². The lowest BCUT2D eigenvalue weighted by atomic mass is 9.90. The van der Waals surface area contributed by atoms with Crippen molar-refractivity contribution >= 4 is 34.0 Å². The third-order valence-corrected chi connectivity index (χ3v) is 7.04. The van der Waals surface area contributed by atoms with Crippen molar-refractivity contribution in [3.05, 3.63) is 77.3 Å². The van der Waals surface area contributed by atoms with Gasteiger partial charge in [0, 0.05) is 10.9 Å². The van der Waals surface area contributed by atoms with Crippen LogP contribution >= 0.6 is 11.3 Å². The number of ether oxygens (including phenoxy) is 2. The summed E-state index contributed by atoms with van der Waals surface area (Å²) in [7, 11) is 3.17. The first-order valence-corrected chi connectivity index (χ1v) is 11.6. The quantitative estimate of drug-likeness (QED) is 0.401. The Morgan fingerprint density at radius 1 is 0.971 bits per heavy atom. The first-order chi connectivity index (χ1) is 16.4. The van der Waals surface area contributed by atoms with Gasteiger partial charge in [-0.3, -0.25) is 9.69 Å². The number of aromatic nitrogens is 1. The second kappa shape index (κ2) is 8.46. The number of nitrogens with zero attached hydrogens (tertiary/aromatic N) is 2. The van der Waals surface area contributed by atoms with Gasteiger partial charge in [-0.05, 0) is 47.5 Å². The van der Waals surface area contributed by atoms with Crippen molar-refractivity contribution in [3.8, 4) is 22.1 Å². The lowest BCUT2D eigenvalue weighted by Gasteiger charge is -2.22. The zero-order valence-corrected chi connectivity index (χ0v) is 19.8.